The molecule has 0 radical (unpaired) electrons. The van der Waals surface area contributed by atoms with E-state index in [1.165, 1.54) is 22.9 Å². The Morgan fingerprint density at radius 3 is 2.84 bits per heavy atom. The zero-order valence-corrected chi connectivity index (χ0v) is 12.6. The fourth-order valence-corrected chi connectivity index (χ4v) is 3.25. The molecule has 0 unspecified atom stereocenters. The summed E-state index contributed by atoms with van der Waals surface area (Å²) in [7, 11) is 0. The minimum absolute atomic E-state index is 0.576. The van der Waals surface area contributed by atoms with Crippen molar-refractivity contribution in [3.05, 3.63) is 46.7 Å². The van der Waals surface area contributed by atoms with E-state index in [-0.39, 0.29) is 0 Å². The van der Waals surface area contributed by atoms with Gasteiger partial charge < -0.3 is 5.32 Å². The van der Waals surface area contributed by atoms with Gasteiger partial charge in [0.1, 0.15) is 0 Å². The van der Waals surface area contributed by atoms with Crippen LogP contribution in [-0.4, -0.2) is 15.8 Å². The normalized spacial score (nSPS) is 22.0. The lowest BCUT2D eigenvalue weighted by Crippen LogP contribution is -2.34. The van der Waals surface area contributed by atoms with Crippen LogP contribution in [0.1, 0.15) is 31.2 Å². The Hall–Kier alpha value is -1.29. The summed E-state index contributed by atoms with van der Waals surface area (Å²) < 4.78 is 3.18. The van der Waals surface area contributed by atoms with Crippen LogP contribution < -0.4 is 5.32 Å². The predicted molar refractivity (Wildman–Crippen MR) is 81.4 cm³/mol. The molecule has 1 aromatic heterocycles. The van der Waals surface area contributed by atoms with Gasteiger partial charge in [-0.15, -0.1) is 0 Å². The van der Waals surface area contributed by atoms with Crippen molar-refractivity contribution in [1.29, 1.82) is 0 Å². The van der Waals surface area contributed by atoms with Crippen LogP contribution >= 0.6 is 15.9 Å². The first-order valence-electron chi connectivity index (χ1n) is 6.79. The summed E-state index contributed by atoms with van der Waals surface area (Å²) in [4.78, 5) is 0. The van der Waals surface area contributed by atoms with Crippen LogP contribution in [0.2, 0.25) is 0 Å². The Balaban J connectivity index is 1.57. The van der Waals surface area contributed by atoms with Crippen molar-refractivity contribution < 1.29 is 0 Å². The highest BCUT2D eigenvalue weighted by molar-refractivity contribution is 9.10. The van der Waals surface area contributed by atoms with Gasteiger partial charge in [-0.2, -0.15) is 5.10 Å². The highest BCUT2D eigenvalue weighted by atomic mass is 79.9. The van der Waals surface area contributed by atoms with E-state index in [0.29, 0.717) is 12.0 Å². The molecule has 0 amide bonds. The van der Waals surface area contributed by atoms with Crippen molar-refractivity contribution in [3.63, 3.8) is 0 Å². The quantitative estimate of drug-likeness (QED) is 0.922. The summed E-state index contributed by atoms with van der Waals surface area (Å²) in [6.07, 6.45) is 6.38. The molecule has 100 valence electrons. The van der Waals surface area contributed by atoms with E-state index in [1.807, 2.05) is 10.9 Å². The highest BCUT2D eigenvalue weighted by Gasteiger charge is 2.31. The van der Waals surface area contributed by atoms with Gasteiger partial charge in [0.15, 0.2) is 0 Å². The van der Waals surface area contributed by atoms with Gasteiger partial charge >= 0.3 is 0 Å². The molecule has 3 nitrogen and oxygen atoms in total. The molecule has 1 heterocycles. The second kappa shape index (κ2) is 5.37. The fraction of sp³-hybridized carbons (Fsp3) is 0.400. The molecule has 19 heavy (non-hydrogen) atoms. The van der Waals surface area contributed by atoms with Crippen molar-refractivity contribution in [2.45, 2.75) is 38.3 Å². The van der Waals surface area contributed by atoms with E-state index in [1.54, 1.807) is 0 Å². The number of benzene rings is 1. The van der Waals surface area contributed by atoms with Gasteiger partial charge in [0, 0.05) is 23.3 Å². The lowest BCUT2D eigenvalue weighted by Gasteiger charge is -2.37. The van der Waals surface area contributed by atoms with E-state index in [0.717, 1.165) is 12.2 Å². The lowest BCUT2D eigenvalue weighted by molar-refractivity contribution is 0.373. The van der Waals surface area contributed by atoms with Gasteiger partial charge in [-0.05, 0) is 37.3 Å². The van der Waals surface area contributed by atoms with E-state index < -0.39 is 0 Å². The highest BCUT2D eigenvalue weighted by Crippen LogP contribution is 2.41. The van der Waals surface area contributed by atoms with Gasteiger partial charge in [0.2, 0.25) is 0 Å². The first-order valence-corrected chi connectivity index (χ1v) is 7.59. The molecule has 4 heteroatoms. The molecule has 1 aromatic carbocycles. The Kier molecular flexibility index (Phi) is 3.60. The zero-order chi connectivity index (χ0) is 13.2. The third kappa shape index (κ3) is 2.68. The molecule has 3 rings (SSSR count). The Morgan fingerprint density at radius 2 is 2.16 bits per heavy atom. The molecule has 2 aromatic rings. The molecule has 1 aliphatic carbocycles. The number of aryl methyl sites for hydroxylation is 1. The number of aromatic nitrogens is 2. The van der Waals surface area contributed by atoms with Crippen molar-refractivity contribution in [3.8, 4) is 0 Å². The second-order valence-corrected chi connectivity index (χ2v) is 5.97. The summed E-state index contributed by atoms with van der Waals surface area (Å²) in [5.41, 5.74) is 2.57. The summed E-state index contributed by atoms with van der Waals surface area (Å²) in [5, 5.41) is 7.84. The van der Waals surface area contributed by atoms with Gasteiger partial charge in [-0.1, -0.05) is 34.1 Å². The maximum absolute atomic E-state index is 4.28. The largest absolute Gasteiger partial charge is 0.380 e. The maximum atomic E-state index is 4.28. The number of nitrogens with one attached hydrogen (secondary N) is 1. The number of rotatable bonds is 4. The van der Waals surface area contributed by atoms with Crippen molar-refractivity contribution in [1.82, 2.24) is 9.78 Å². The van der Waals surface area contributed by atoms with Crippen molar-refractivity contribution in [2.75, 3.05) is 5.32 Å². The van der Waals surface area contributed by atoms with Gasteiger partial charge in [0.25, 0.3) is 0 Å². The topological polar surface area (TPSA) is 29.9 Å². The van der Waals surface area contributed by atoms with Crippen LogP contribution in [0.4, 0.5) is 5.69 Å². The Morgan fingerprint density at radius 1 is 1.37 bits per heavy atom. The molecular formula is C15H18BrN3. The number of halogens is 1. The third-order valence-electron chi connectivity index (χ3n) is 3.81. The predicted octanol–water partition coefficient (Wildman–Crippen LogP) is 4.02. The van der Waals surface area contributed by atoms with Crippen molar-refractivity contribution >= 4 is 21.6 Å². The van der Waals surface area contributed by atoms with Crippen molar-refractivity contribution in [2.24, 2.45) is 0 Å². The van der Waals surface area contributed by atoms with E-state index >= 15 is 0 Å². The van der Waals surface area contributed by atoms with Gasteiger partial charge in [-0.3, -0.25) is 4.68 Å². The summed E-state index contributed by atoms with van der Waals surface area (Å²) in [6.45, 7) is 3.02. The molecule has 1 N–H and O–H groups in total. The molecule has 1 saturated carbocycles. The Labute approximate surface area is 122 Å². The maximum Gasteiger partial charge on any atom is 0.0728 e. The number of hydrogen-bond acceptors (Lipinski definition) is 2. The van der Waals surface area contributed by atoms with Crippen LogP contribution in [0, 0.1) is 0 Å². The fourth-order valence-electron chi connectivity index (χ4n) is 2.64. The summed E-state index contributed by atoms with van der Waals surface area (Å²) in [5.74, 6) is 0.675. The average molecular weight is 320 g/mol. The van der Waals surface area contributed by atoms with Gasteiger partial charge in [0.05, 0.1) is 11.9 Å². The average Bonchev–Trinajstić information content (AvgIpc) is 2.82. The number of hydrogen-bond donors (Lipinski definition) is 1. The summed E-state index contributed by atoms with van der Waals surface area (Å²) in [6, 6.07) is 9.11. The van der Waals surface area contributed by atoms with Crippen LogP contribution in [0.3, 0.4) is 0 Å². The lowest BCUT2D eigenvalue weighted by atomic mass is 9.76. The SMILES string of the molecule is CCn1cc(NC2CC(c3ccccc3Br)C2)cn1. The number of anilines is 1. The first kappa shape index (κ1) is 12.7. The van der Waals surface area contributed by atoms with E-state index in [4.69, 9.17) is 0 Å². The molecule has 0 spiro atoms. The molecule has 0 atom stereocenters. The van der Waals surface area contributed by atoms with E-state index in [9.17, 15) is 0 Å². The molecule has 0 aliphatic heterocycles. The second-order valence-electron chi connectivity index (χ2n) is 5.12. The molecule has 0 saturated heterocycles. The zero-order valence-electron chi connectivity index (χ0n) is 11.0. The first-order chi connectivity index (χ1) is 9.26. The smallest absolute Gasteiger partial charge is 0.0728 e. The monoisotopic (exact) mass is 319 g/mol. The molecule has 1 fully saturated rings. The molecular weight excluding hydrogens is 302 g/mol. The third-order valence-corrected chi connectivity index (χ3v) is 4.53. The van der Waals surface area contributed by atoms with Crippen LogP contribution in [0.15, 0.2) is 41.1 Å². The van der Waals surface area contributed by atoms with Crippen LogP contribution in [0.25, 0.3) is 0 Å². The molecule has 1 aliphatic rings. The minimum Gasteiger partial charge on any atom is -0.380 e. The van der Waals surface area contributed by atoms with E-state index in [2.05, 4.69) is 63.7 Å². The van der Waals surface area contributed by atoms with Crippen LogP contribution in [0.5, 0.6) is 0 Å². The minimum atomic E-state index is 0.576. The van der Waals surface area contributed by atoms with Crippen LogP contribution in [-0.2, 0) is 6.54 Å². The molecule has 0 bridgehead atoms. The summed E-state index contributed by atoms with van der Waals surface area (Å²) >= 11 is 3.64. The standard InChI is InChI=1S/C15H18BrN3/c1-2-19-10-13(9-17-19)18-12-7-11(8-12)14-5-3-4-6-15(14)16/h3-6,9-12,18H,2,7-8H2,1H3. The number of nitrogens with zero attached hydrogens (tertiary/aromatic N) is 2. The van der Waals surface area contributed by atoms with Gasteiger partial charge in [-0.25, -0.2) is 0 Å². The Bertz CT molecular complexity index is 558.